The molecule has 29 heteroatoms. The Morgan fingerprint density at radius 1 is 0.973 bits per heavy atom. The number of anilines is 1. The Morgan fingerprint density at radius 2 is 1.60 bits per heavy atom. The fraction of sp³-hybridized carbons (Fsp3) is 0.409. The van der Waals surface area contributed by atoms with Crippen LogP contribution in [0.3, 0.4) is 0 Å². The first-order valence-electron chi connectivity index (χ1n) is 21.5. The van der Waals surface area contributed by atoms with Crippen LogP contribution < -0.4 is 15.4 Å². The van der Waals surface area contributed by atoms with E-state index >= 15 is 8.78 Å². The Balaban J connectivity index is 1.35. The summed E-state index contributed by atoms with van der Waals surface area (Å²) < 4.78 is 198. The summed E-state index contributed by atoms with van der Waals surface area (Å²) in [5.41, 5.74) is -0.362. The van der Waals surface area contributed by atoms with Crippen LogP contribution in [0.25, 0.3) is 22.0 Å². The molecule has 0 radical (unpaired) electrons. The van der Waals surface area contributed by atoms with Crippen molar-refractivity contribution in [1.82, 2.24) is 34.8 Å². The van der Waals surface area contributed by atoms with Gasteiger partial charge in [-0.1, -0.05) is 23.6 Å². The maximum Gasteiger partial charge on any atom is 0.435 e. The van der Waals surface area contributed by atoms with Gasteiger partial charge in [0, 0.05) is 48.0 Å². The van der Waals surface area contributed by atoms with E-state index in [2.05, 4.69) is 32.3 Å². The Morgan fingerprint density at radius 3 is 2.18 bits per heavy atom. The number of halogens is 11. The number of likely N-dealkylation sites (tertiary alicyclic amines) is 1. The fourth-order valence-corrected chi connectivity index (χ4v) is 10.2. The van der Waals surface area contributed by atoms with Crippen molar-refractivity contribution in [3.63, 3.8) is 0 Å². The van der Waals surface area contributed by atoms with Crippen LogP contribution in [0.4, 0.5) is 49.7 Å². The first-order chi connectivity index (χ1) is 33.6. The fourth-order valence-electron chi connectivity index (χ4n) is 8.82. The van der Waals surface area contributed by atoms with Gasteiger partial charge in [-0.05, 0) is 74.4 Å². The number of rotatable bonds is 12. The largest absolute Gasteiger partial charge is 0.435 e. The van der Waals surface area contributed by atoms with Gasteiger partial charge in [0.1, 0.15) is 40.9 Å². The summed E-state index contributed by atoms with van der Waals surface area (Å²) in [6.07, 6.45) is -9.89. The number of aromatic nitrogens is 5. The third-order valence-electron chi connectivity index (χ3n) is 12.6. The van der Waals surface area contributed by atoms with Gasteiger partial charge in [-0.3, -0.25) is 24.4 Å². The predicted molar refractivity (Wildman–Crippen MR) is 242 cm³/mol. The van der Waals surface area contributed by atoms with Crippen molar-refractivity contribution in [2.45, 2.75) is 74.8 Å². The summed E-state index contributed by atoms with van der Waals surface area (Å²) in [4.78, 5) is 33.9. The van der Waals surface area contributed by atoms with Crippen molar-refractivity contribution >= 4 is 66.0 Å². The Hall–Kier alpha value is -6.47. The maximum absolute atomic E-state index is 15.6. The van der Waals surface area contributed by atoms with E-state index in [0.29, 0.717) is 12.3 Å². The van der Waals surface area contributed by atoms with E-state index in [4.69, 9.17) is 22.7 Å². The van der Waals surface area contributed by atoms with Crippen molar-refractivity contribution in [3.05, 3.63) is 93.0 Å². The number of pyridine rings is 1. The molecule has 8 rings (SSSR count). The van der Waals surface area contributed by atoms with E-state index in [1.54, 1.807) is 0 Å². The molecular weight excluding hydrogens is 1050 g/mol. The molecule has 0 spiro atoms. The second kappa shape index (κ2) is 17.9. The van der Waals surface area contributed by atoms with Gasteiger partial charge in [-0.2, -0.15) is 49.6 Å². The van der Waals surface area contributed by atoms with E-state index < -0.39 is 160 Å². The third-order valence-corrected chi connectivity index (χ3v) is 15.9. The average Bonchev–Trinajstić information content (AvgIpc) is 3.73. The number of fused-ring (bicyclic) bond motifs is 4. The number of hydrogen-bond donors (Lipinski definition) is 3. The number of sulfone groups is 1. The lowest BCUT2D eigenvalue weighted by Gasteiger charge is -2.39. The van der Waals surface area contributed by atoms with Gasteiger partial charge in [0.2, 0.25) is 21.8 Å². The molecule has 2 aromatic carbocycles. The minimum atomic E-state index is -5.22. The summed E-state index contributed by atoms with van der Waals surface area (Å²) in [5.74, 6) is -8.78. The smallest absolute Gasteiger partial charge is 0.370 e. The number of carbonyl (C=O) groups excluding carboxylic acids is 2. The minimum Gasteiger partial charge on any atom is -0.370 e. The van der Waals surface area contributed by atoms with Crippen molar-refractivity contribution in [3.8, 4) is 23.0 Å². The topological polar surface area (TPSA) is 219 Å². The first-order valence-corrected chi connectivity index (χ1v) is 25.6. The van der Waals surface area contributed by atoms with Crippen molar-refractivity contribution < 1.29 is 70.3 Å². The van der Waals surface area contributed by atoms with Gasteiger partial charge in [0.15, 0.2) is 27.3 Å². The minimum absolute atomic E-state index is 0.145. The number of alkyl halides is 8. The molecule has 16 nitrogen and oxygen atoms in total. The zero-order valence-electron chi connectivity index (χ0n) is 38.2. The summed E-state index contributed by atoms with van der Waals surface area (Å²) in [6, 6.07) is 4.81. The van der Waals surface area contributed by atoms with Crippen LogP contribution in [0.15, 0.2) is 42.5 Å². The lowest BCUT2D eigenvalue weighted by Crippen LogP contribution is -2.58. The molecule has 2 aliphatic carbocycles. The Bertz CT molecular complexity index is 3430. The van der Waals surface area contributed by atoms with Crippen LogP contribution >= 0.6 is 11.6 Å². The molecule has 4 heterocycles. The number of carbonyl (C=O) groups is 2. The SMILES string of the molecule is CC(C)(C#Cc1ccc(-c2ccc(Cl)c3c(N(C(=O)C4CN(C(=N)N)C4)S(C)(=O)=O)nn(CC(F)(F)F)c23)c([C@H](Cc2cc(F)cc(F)c2)NC(=O)Cn2nc(C(F)(F)F)c3c2C(F)(F)C2C[C@H]32)n1)S(C)(=O)=O. The van der Waals surface area contributed by atoms with Gasteiger partial charge >= 0.3 is 12.4 Å². The lowest BCUT2D eigenvalue weighted by atomic mass is 9.93. The van der Waals surface area contributed by atoms with Gasteiger partial charge in [-0.25, -0.2) is 30.6 Å². The molecule has 1 aliphatic heterocycles. The average molecular weight is 1090 g/mol. The highest BCUT2D eigenvalue weighted by atomic mass is 35.5. The lowest BCUT2D eigenvalue weighted by molar-refractivity contribution is -0.143. The maximum atomic E-state index is 15.6. The molecule has 2 fully saturated rings. The summed E-state index contributed by atoms with van der Waals surface area (Å²) in [6.45, 7) is -1.32. The van der Waals surface area contributed by atoms with Crippen LogP contribution in [0.2, 0.25) is 5.02 Å². The third kappa shape index (κ3) is 10.1. The number of nitrogens with one attached hydrogen (secondary N) is 2. The number of amides is 2. The number of nitrogens with zero attached hydrogens (tertiary/aromatic N) is 7. The van der Waals surface area contributed by atoms with Crippen LogP contribution in [-0.2, 0) is 61.1 Å². The highest BCUT2D eigenvalue weighted by Crippen LogP contribution is 2.68. The number of benzene rings is 2. The molecule has 1 unspecified atom stereocenters. The van der Waals surface area contributed by atoms with Gasteiger partial charge < -0.3 is 16.0 Å². The molecular formula is C44H39ClF10N10O6S2. The quantitative estimate of drug-likeness (QED) is 0.0537. The van der Waals surface area contributed by atoms with Crippen LogP contribution in [0.5, 0.6) is 0 Å². The monoisotopic (exact) mass is 1090 g/mol. The predicted octanol–water partition coefficient (Wildman–Crippen LogP) is 6.41. The molecule has 0 bridgehead atoms. The van der Waals surface area contributed by atoms with E-state index in [1.165, 1.54) is 18.7 Å². The molecule has 1 saturated carbocycles. The highest BCUT2D eigenvalue weighted by molar-refractivity contribution is 7.93. The normalized spacial score (nSPS) is 18.1. The number of hydrogen-bond acceptors (Lipinski definition) is 10. The summed E-state index contributed by atoms with van der Waals surface area (Å²) in [7, 11) is -8.69. The van der Waals surface area contributed by atoms with Crippen molar-refractivity contribution in [2.75, 3.05) is 29.9 Å². The number of nitrogens with two attached hydrogens (primary N) is 1. The van der Waals surface area contributed by atoms with E-state index in [1.807, 2.05) is 0 Å². The van der Waals surface area contributed by atoms with Crippen LogP contribution in [0, 0.1) is 40.7 Å². The molecule has 3 aliphatic rings. The standard InChI is InChI=1S/C44H39ClF10N10O6S2/c1-41(2,72(3,68)69)10-9-24-5-6-25(26-7-8-29(45)33-35(26)64(19-42(48,49)50)61-38(33)65(73(4,70)71)39(67)21-16-62(17-21)40(56)57)34(58-24)30(13-20-11-22(46)14-23(47)12-20)59-31(66)18-63-37-32(36(60-63)44(53,54)55)27-15-28(27)43(37,51)52/h5-8,11-12,14,21,27-28,30H,13,15-19H2,1-4H3,(H3,56,57)(H,59,66)/t27-,28?,30-/m0/s1. The molecule has 73 heavy (non-hydrogen) atoms. The molecule has 3 aromatic heterocycles. The summed E-state index contributed by atoms with van der Waals surface area (Å²) in [5, 5.41) is 16.4. The Labute approximate surface area is 413 Å². The second-order valence-corrected chi connectivity index (χ2v) is 23.2. The number of guanidine groups is 1. The number of sulfonamides is 1. The molecule has 5 aromatic rings. The first kappa shape index (κ1) is 52.8. The molecule has 2 amide bonds. The van der Waals surface area contributed by atoms with Crippen molar-refractivity contribution in [2.24, 2.45) is 17.6 Å². The molecule has 390 valence electrons. The van der Waals surface area contributed by atoms with Crippen molar-refractivity contribution in [1.29, 1.82) is 5.41 Å². The summed E-state index contributed by atoms with van der Waals surface area (Å²) >= 11 is 6.67. The van der Waals surface area contributed by atoms with E-state index in [9.17, 15) is 61.5 Å². The second-order valence-electron chi connectivity index (χ2n) is 18.4. The Kier molecular flexibility index (Phi) is 12.9. The van der Waals surface area contributed by atoms with Gasteiger partial charge in [-0.15, -0.1) is 0 Å². The highest BCUT2D eigenvalue weighted by Gasteiger charge is 2.68. The van der Waals surface area contributed by atoms with Crippen LogP contribution in [0.1, 0.15) is 66.1 Å². The van der Waals surface area contributed by atoms with Gasteiger partial charge in [0.05, 0.1) is 39.8 Å². The van der Waals surface area contributed by atoms with Gasteiger partial charge in [0.25, 0.3) is 5.92 Å². The molecule has 4 N–H and O–H groups in total. The van der Waals surface area contributed by atoms with E-state index in [0.717, 1.165) is 42.7 Å². The molecule has 3 atom stereocenters. The zero-order valence-corrected chi connectivity index (χ0v) is 40.6. The zero-order chi connectivity index (χ0) is 53.9. The van der Waals surface area contributed by atoms with Crippen LogP contribution in [-0.4, -0.2) is 101 Å². The van der Waals surface area contributed by atoms with E-state index in [-0.39, 0.29) is 55.6 Å². The molecule has 1 saturated heterocycles.